The molecule has 0 radical (unpaired) electrons. The van der Waals surface area contributed by atoms with E-state index in [1.54, 1.807) is 81.9 Å². The van der Waals surface area contributed by atoms with E-state index in [2.05, 4.69) is 0 Å². The molecule has 0 saturated carbocycles. The van der Waals surface area contributed by atoms with Crippen LogP contribution in [0.4, 0.5) is 0 Å². The Kier molecular flexibility index (Phi) is 5.80. The van der Waals surface area contributed by atoms with Crippen LogP contribution in [-0.4, -0.2) is 19.3 Å². The van der Waals surface area contributed by atoms with Gasteiger partial charge in [-0.3, -0.25) is 0 Å². The summed E-state index contributed by atoms with van der Waals surface area (Å²) in [7, 11) is 0. The first kappa shape index (κ1) is 24.6. The third-order valence-electron chi connectivity index (χ3n) is 6.37. The highest BCUT2D eigenvalue weighted by Crippen LogP contribution is 2.29. The third kappa shape index (κ3) is 3.56. The summed E-state index contributed by atoms with van der Waals surface area (Å²) in [4.78, 5) is 27.4. The number of thiazole rings is 2. The van der Waals surface area contributed by atoms with E-state index in [0.29, 0.717) is 42.7 Å². The van der Waals surface area contributed by atoms with Crippen LogP contribution in [0.2, 0.25) is 10.0 Å². The summed E-state index contributed by atoms with van der Waals surface area (Å²) in [5.41, 5.74) is 1.81. The molecule has 190 valence electrons. The van der Waals surface area contributed by atoms with Gasteiger partial charge in [-0.2, -0.15) is 0 Å². The molecule has 2 N–H and O–H groups in total. The van der Waals surface area contributed by atoms with E-state index in [0.717, 1.165) is 0 Å². The van der Waals surface area contributed by atoms with Crippen molar-refractivity contribution >= 4 is 55.8 Å². The molecule has 0 aliphatic carbocycles. The largest absolute Gasteiger partial charge is 0.477 e. The molecule has 0 bridgehead atoms. The minimum absolute atomic E-state index is 0.153. The number of hydrogen-bond acceptors (Lipinski definition) is 6. The molecule has 0 saturated heterocycles. The van der Waals surface area contributed by atoms with Gasteiger partial charge in [0, 0.05) is 10.0 Å². The van der Waals surface area contributed by atoms with Gasteiger partial charge in [0.05, 0.1) is 10.8 Å². The standard InChI is InChI=1S/C26H16Cl2N4O4S2/c1-13-21(33)29(17-7-3-15(27)4-8-17)25-31(23(13)35)19(11-37-25)20-12-38-26-30(18-9-5-16(28)6-10-18)22(34)14(2)24(36)32(20)26/h3-12H,1-2H3/p+2. The zero-order valence-corrected chi connectivity index (χ0v) is 23.0. The first-order valence-corrected chi connectivity index (χ1v) is 13.8. The van der Waals surface area contributed by atoms with Crippen LogP contribution in [0.5, 0.6) is 11.8 Å². The molecule has 0 atom stereocenters. The van der Waals surface area contributed by atoms with Gasteiger partial charge in [0.25, 0.3) is 11.8 Å². The Bertz CT molecular complexity index is 1880. The second-order valence-electron chi connectivity index (χ2n) is 8.61. The smallest absolute Gasteiger partial charge is 0.357 e. The van der Waals surface area contributed by atoms with Crippen molar-refractivity contribution in [1.82, 2.24) is 9.13 Å². The van der Waals surface area contributed by atoms with E-state index in [1.165, 1.54) is 31.8 Å². The minimum atomic E-state index is -0.365. The Morgan fingerprint density at radius 2 is 1.00 bits per heavy atom. The van der Waals surface area contributed by atoms with Crippen LogP contribution in [0, 0.1) is 13.8 Å². The third-order valence-corrected chi connectivity index (χ3v) is 8.71. The van der Waals surface area contributed by atoms with Crippen LogP contribution in [0.15, 0.2) is 68.9 Å². The summed E-state index contributed by atoms with van der Waals surface area (Å²) < 4.78 is 6.15. The highest BCUT2D eigenvalue weighted by atomic mass is 35.5. The Balaban J connectivity index is 1.69. The van der Waals surface area contributed by atoms with Gasteiger partial charge >= 0.3 is 21.0 Å². The van der Waals surface area contributed by atoms with Crippen molar-refractivity contribution < 1.29 is 19.0 Å². The van der Waals surface area contributed by atoms with Gasteiger partial charge < -0.3 is 10.2 Å². The van der Waals surface area contributed by atoms with Crippen molar-refractivity contribution in [2.24, 2.45) is 0 Å². The summed E-state index contributed by atoms with van der Waals surface area (Å²) in [5, 5.41) is 26.9. The predicted octanol–water partition coefficient (Wildman–Crippen LogP) is 4.59. The fourth-order valence-corrected chi connectivity index (χ4v) is 6.68. The second kappa shape index (κ2) is 8.95. The van der Waals surface area contributed by atoms with Gasteiger partial charge in [-0.25, -0.2) is 9.59 Å². The summed E-state index contributed by atoms with van der Waals surface area (Å²) in [6.45, 7) is 3.10. The van der Waals surface area contributed by atoms with E-state index < -0.39 is 0 Å². The van der Waals surface area contributed by atoms with Gasteiger partial charge in [-0.1, -0.05) is 45.9 Å². The Morgan fingerprint density at radius 1 is 0.658 bits per heavy atom. The zero-order valence-electron chi connectivity index (χ0n) is 19.8. The van der Waals surface area contributed by atoms with Crippen molar-refractivity contribution in [3.8, 4) is 34.5 Å². The SMILES string of the molecule is Cc1c(O)[n+]2c(-c3csc4n(-c5ccc(Cl)cc5)c(=O)c(C)c(O)[n+]34)csc2n(-c2ccc(Cl)cc2)c1=O. The number of rotatable bonds is 3. The number of nitrogens with zero attached hydrogens (tertiary/aromatic N) is 4. The molecule has 12 heteroatoms. The van der Waals surface area contributed by atoms with Gasteiger partial charge in [0.2, 0.25) is 0 Å². The maximum absolute atomic E-state index is 13.2. The quantitative estimate of drug-likeness (QED) is 0.297. The molecular weight excluding hydrogens is 567 g/mol. The highest BCUT2D eigenvalue weighted by Gasteiger charge is 2.33. The summed E-state index contributed by atoms with van der Waals surface area (Å²) >= 11 is 14.6. The molecule has 6 aromatic rings. The first-order valence-electron chi connectivity index (χ1n) is 11.3. The fraction of sp³-hybridized carbons (Fsp3) is 0.0769. The molecule has 4 heterocycles. The lowest BCUT2D eigenvalue weighted by atomic mass is 10.2. The van der Waals surface area contributed by atoms with Gasteiger partial charge in [0.1, 0.15) is 22.5 Å². The van der Waals surface area contributed by atoms with Crippen molar-refractivity contribution in [3.05, 3.63) is 101 Å². The molecule has 4 aromatic heterocycles. The van der Waals surface area contributed by atoms with Gasteiger partial charge in [-0.15, -0.1) is 17.9 Å². The lowest BCUT2D eigenvalue weighted by Gasteiger charge is -2.06. The molecule has 0 amide bonds. The summed E-state index contributed by atoms with van der Waals surface area (Å²) in [6, 6.07) is 13.7. The molecule has 38 heavy (non-hydrogen) atoms. The van der Waals surface area contributed by atoms with E-state index in [-0.39, 0.29) is 34.0 Å². The molecule has 2 aromatic carbocycles. The number of benzene rings is 2. The summed E-state index contributed by atoms with van der Waals surface area (Å²) in [5.74, 6) is -0.428. The van der Waals surface area contributed by atoms with Crippen LogP contribution < -0.4 is 19.9 Å². The number of hydrogen-bond donors (Lipinski definition) is 2. The molecule has 0 unspecified atom stereocenters. The normalized spacial score (nSPS) is 11.6. The van der Waals surface area contributed by atoms with Crippen LogP contribution in [0.3, 0.4) is 0 Å². The van der Waals surface area contributed by atoms with E-state index in [1.807, 2.05) is 0 Å². The lowest BCUT2D eigenvalue weighted by Crippen LogP contribution is -2.38. The second-order valence-corrected chi connectivity index (χ2v) is 11.2. The Hall–Kier alpha value is -3.70. The van der Waals surface area contributed by atoms with Gasteiger partial charge in [-0.05, 0) is 62.4 Å². The Labute approximate surface area is 232 Å². The maximum atomic E-state index is 13.2. The molecule has 8 nitrogen and oxygen atoms in total. The first-order chi connectivity index (χ1) is 18.2. The number of aromatic hydroxyl groups is 2. The lowest BCUT2D eigenvalue weighted by molar-refractivity contribution is -0.543. The minimum Gasteiger partial charge on any atom is -0.477 e. The van der Waals surface area contributed by atoms with Crippen molar-refractivity contribution in [3.63, 3.8) is 0 Å². The molecule has 0 spiro atoms. The number of halogens is 2. The average Bonchev–Trinajstić information content (AvgIpc) is 3.53. The molecule has 0 aliphatic rings. The van der Waals surface area contributed by atoms with E-state index >= 15 is 0 Å². The molecule has 6 rings (SSSR count). The summed E-state index contributed by atoms with van der Waals surface area (Å²) in [6.07, 6.45) is 0. The van der Waals surface area contributed by atoms with Crippen LogP contribution in [-0.2, 0) is 0 Å². The monoisotopic (exact) mass is 584 g/mol. The maximum Gasteiger partial charge on any atom is 0.357 e. The van der Waals surface area contributed by atoms with E-state index in [9.17, 15) is 19.8 Å². The molecule has 0 fully saturated rings. The van der Waals surface area contributed by atoms with Crippen molar-refractivity contribution in [1.29, 1.82) is 0 Å². The highest BCUT2D eigenvalue weighted by molar-refractivity contribution is 7.15. The van der Waals surface area contributed by atoms with Crippen LogP contribution >= 0.6 is 45.9 Å². The average molecular weight is 585 g/mol. The van der Waals surface area contributed by atoms with Crippen LogP contribution in [0.25, 0.3) is 32.7 Å². The predicted molar refractivity (Wildman–Crippen MR) is 148 cm³/mol. The number of aromatic nitrogens is 4. The van der Waals surface area contributed by atoms with Crippen LogP contribution in [0.1, 0.15) is 11.1 Å². The van der Waals surface area contributed by atoms with Crippen molar-refractivity contribution in [2.75, 3.05) is 0 Å². The zero-order chi connectivity index (χ0) is 26.9. The molecular formula is C26H18Cl2N4O4S2+2. The van der Waals surface area contributed by atoms with E-state index in [4.69, 9.17) is 23.2 Å². The Morgan fingerprint density at radius 3 is 1.34 bits per heavy atom. The van der Waals surface area contributed by atoms with Gasteiger partial charge in [0.15, 0.2) is 11.4 Å². The topological polar surface area (TPSA) is 92.7 Å². The molecule has 0 aliphatic heterocycles. The fourth-order valence-electron chi connectivity index (χ4n) is 4.37. The number of fused-ring (bicyclic) bond motifs is 2. The van der Waals surface area contributed by atoms with Crippen molar-refractivity contribution in [2.45, 2.75) is 13.8 Å².